The summed E-state index contributed by atoms with van der Waals surface area (Å²) in [6.07, 6.45) is 15.1. The molecule has 6 heteroatoms. The van der Waals surface area contributed by atoms with Crippen LogP contribution in [-0.2, 0) is 0 Å². The largest absolute Gasteiger partial charge is 0.374 e. The first-order valence-corrected chi connectivity index (χ1v) is 13.9. The molecule has 1 heterocycles. The van der Waals surface area contributed by atoms with Gasteiger partial charge in [0.05, 0.1) is 29.0 Å². The highest BCUT2D eigenvalue weighted by molar-refractivity contribution is 5.88. The maximum Gasteiger partial charge on any atom is 0.0922 e. The molecule has 2 N–H and O–H groups in total. The molecule has 4 aromatic rings. The van der Waals surface area contributed by atoms with Gasteiger partial charge in [-0.25, -0.2) is 9.97 Å². The normalized spacial score (nSPS) is 7.16. The van der Waals surface area contributed by atoms with Crippen molar-refractivity contribution in [3.8, 4) is 155 Å². The van der Waals surface area contributed by atoms with Gasteiger partial charge in [-0.2, -0.15) is 0 Å². The minimum atomic E-state index is 0. The highest BCUT2D eigenvalue weighted by Gasteiger charge is 2.09. The van der Waals surface area contributed by atoms with Crippen LogP contribution in [-0.4, -0.2) is 16.5 Å². The smallest absolute Gasteiger partial charge is 0.0922 e. The van der Waals surface area contributed by atoms with Gasteiger partial charge in [0.1, 0.15) is 0 Å². The number of aryl methyl sites for hydroxylation is 1. The van der Waals surface area contributed by atoms with E-state index in [9.17, 15) is 0 Å². The predicted octanol–water partition coefficient (Wildman–Crippen LogP) is 7.68. The first-order valence-electron chi connectivity index (χ1n) is 13.9. The van der Waals surface area contributed by atoms with Gasteiger partial charge in [-0.3, -0.25) is 0 Å². The Kier molecular flexibility index (Phi) is 17.5. The molecule has 50 heavy (non-hydrogen) atoms. The van der Waals surface area contributed by atoms with Gasteiger partial charge in [-0.1, -0.05) is 42.3 Å². The molecule has 0 aliphatic rings. The lowest BCUT2D eigenvalue weighted by Crippen LogP contribution is -1.99. The highest BCUT2D eigenvalue weighted by Crippen LogP contribution is 2.27. The van der Waals surface area contributed by atoms with Gasteiger partial charge >= 0.3 is 0 Å². The van der Waals surface area contributed by atoms with Gasteiger partial charge in [0, 0.05) is 44.9 Å². The molecule has 0 radical (unpaired) electrons. The maximum atomic E-state index is 6.86. The van der Waals surface area contributed by atoms with Crippen LogP contribution in [0.3, 0.4) is 0 Å². The number of hydrogen-bond acceptors (Lipinski definition) is 4. The monoisotopic (exact) mass is 646 g/mol. The zero-order valence-corrected chi connectivity index (χ0v) is 26.5. The summed E-state index contributed by atoms with van der Waals surface area (Å²) in [5.74, 6) is 50.8. The van der Waals surface area contributed by atoms with Crippen molar-refractivity contribution in [1.82, 2.24) is 9.97 Å². The van der Waals surface area contributed by atoms with E-state index in [4.69, 9.17) is 40.3 Å². The summed E-state index contributed by atoms with van der Waals surface area (Å²) in [4.78, 5) is 11.3. The summed E-state index contributed by atoms with van der Waals surface area (Å²) < 4.78 is 0. The Bertz CT molecular complexity index is 2610. The lowest BCUT2D eigenvalue weighted by molar-refractivity contribution is 1.19. The van der Waals surface area contributed by atoms with E-state index in [0.717, 1.165) is 33.7 Å². The summed E-state index contributed by atoms with van der Waals surface area (Å²) in [6.45, 7) is 2.49. The number of nitrogens with zero attached hydrogens (tertiary/aromatic N) is 4. The van der Waals surface area contributed by atoms with E-state index < -0.39 is 0 Å². The molecule has 0 atom stereocenters. The van der Waals surface area contributed by atoms with E-state index in [0.29, 0.717) is 6.54 Å². The second kappa shape index (κ2) is 23.5. The van der Waals surface area contributed by atoms with E-state index in [2.05, 4.69) is 166 Å². The molecular formula is C44H34N6. The number of nitrogens with one attached hydrogen (secondary N) is 2. The van der Waals surface area contributed by atoms with Gasteiger partial charge in [-0.15, -0.1) is 24.8 Å². The van der Waals surface area contributed by atoms with Crippen LogP contribution in [0.2, 0.25) is 0 Å². The van der Waals surface area contributed by atoms with Gasteiger partial charge in [-0.05, 0) is 147 Å². The Labute approximate surface area is 303 Å². The van der Waals surface area contributed by atoms with Crippen molar-refractivity contribution in [2.24, 2.45) is 0 Å². The van der Waals surface area contributed by atoms with Gasteiger partial charge in [0.15, 0.2) is 0 Å². The molecule has 0 saturated heterocycles. The standard InChI is InChI=1S/C22H17N3.C22H2.HN3.7H2/c1-3-12-23-19-10-11-20-21(14-19)25-22(15(2)24-20)18-9-8-16-6-4-5-7-17(16)13-18;1-3-5-7-9-11-13-15-17-19-21-22-20-18-16-14-12-10-8-6-4-2;1-3-2;;;;;;;/h1,4-11,13-14,23H,12H2,2H3;1-2H;1H;7*1H. The van der Waals surface area contributed by atoms with Crippen molar-refractivity contribution in [3.05, 3.63) is 76.8 Å². The third-order valence-corrected chi connectivity index (χ3v) is 5.46. The average molecular weight is 647 g/mol. The van der Waals surface area contributed by atoms with E-state index in [1.807, 2.05) is 31.2 Å². The number of benzene rings is 3. The quantitative estimate of drug-likeness (QED) is 0.103. The molecule has 240 valence electrons. The SMILES string of the molecule is C#CC#CC#CC#CC#CC#CC#CC#CC#CC#CC#C.C#CCNc1ccc2nc(C)c(-c3ccc4ccccc4c3)nc2c1.[HH].[HH].[HH].[HH].[HH].[HH].[HH].[N-]=[N+]=N. The fourth-order valence-electron chi connectivity index (χ4n) is 3.59. The summed E-state index contributed by atoms with van der Waals surface area (Å²) in [5.41, 5.74) is 17.9. The van der Waals surface area contributed by atoms with E-state index >= 15 is 0 Å². The number of aromatic nitrogens is 2. The van der Waals surface area contributed by atoms with Gasteiger partial charge < -0.3 is 5.32 Å². The Hall–Kier alpha value is -8.91. The summed E-state index contributed by atoms with van der Waals surface area (Å²) in [7, 11) is 0. The third kappa shape index (κ3) is 14.2. The molecule has 4 rings (SSSR count). The van der Waals surface area contributed by atoms with Crippen molar-refractivity contribution < 1.29 is 9.99 Å². The maximum absolute atomic E-state index is 6.86. The third-order valence-electron chi connectivity index (χ3n) is 5.46. The van der Waals surface area contributed by atoms with Crippen LogP contribution >= 0.6 is 0 Å². The Morgan fingerprint density at radius 3 is 1.60 bits per heavy atom. The molecule has 0 unspecified atom stereocenters. The second-order valence-corrected chi connectivity index (χ2v) is 8.62. The Morgan fingerprint density at radius 2 is 1.12 bits per heavy atom. The molecule has 0 fully saturated rings. The molecular weight excluding hydrogens is 613 g/mol. The Balaban J connectivity index is -0.000000193. The number of anilines is 1. The van der Waals surface area contributed by atoms with Gasteiger partial charge in [0.2, 0.25) is 0 Å². The lowest BCUT2D eigenvalue weighted by atomic mass is 10.0. The number of terminal acetylenes is 3. The summed E-state index contributed by atoms with van der Waals surface area (Å²) in [6, 6.07) is 20.7. The van der Waals surface area contributed by atoms with Crippen molar-refractivity contribution in [2.45, 2.75) is 6.92 Å². The van der Waals surface area contributed by atoms with E-state index in [-0.39, 0.29) is 9.99 Å². The van der Waals surface area contributed by atoms with Crippen molar-refractivity contribution >= 4 is 27.5 Å². The van der Waals surface area contributed by atoms with Crippen LogP contribution in [0, 0.1) is 156 Å². The number of rotatable bonds is 3. The molecule has 0 aliphatic heterocycles. The van der Waals surface area contributed by atoms with Crippen LogP contribution in [0.15, 0.2) is 60.7 Å². The minimum Gasteiger partial charge on any atom is -0.374 e. The topological polar surface area (TPSA) is 98.1 Å². The molecule has 3 aromatic carbocycles. The first-order chi connectivity index (χ1) is 24.6. The van der Waals surface area contributed by atoms with E-state index in [1.54, 1.807) is 4.91 Å². The van der Waals surface area contributed by atoms with Crippen LogP contribution in [0.5, 0.6) is 0 Å². The molecule has 6 nitrogen and oxygen atoms in total. The molecule has 0 saturated carbocycles. The second-order valence-electron chi connectivity index (χ2n) is 8.62. The summed E-state index contributed by atoms with van der Waals surface area (Å²) >= 11 is 0. The Morgan fingerprint density at radius 1 is 0.640 bits per heavy atom. The molecule has 0 amide bonds. The minimum absolute atomic E-state index is 0. The van der Waals surface area contributed by atoms with E-state index in [1.165, 1.54) is 10.8 Å². The average Bonchev–Trinajstić information content (AvgIpc) is 3.13. The van der Waals surface area contributed by atoms with Crippen molar-refractivity contribution in [3.63, 3.8) is 0 Å². The highest BCUT2D eigenvalue weighted by atomic mass is 15.0. The van der Waals surface area contributed by atoms with Gasteiger partial charge in [0.25, 0.3) is 0 Å². The zero-order valence-electron chi connectivity index (χ0n) is 26.5. The van der Waals surface area contributed by atoms with Crippen LogP contribution in [0.1, 0.15) is 15.7 Å². The molecule has 0 bridgehead atoms. The van der Waals surface area contributed by atoms with Crippen molar-refractivity contribution in [1.29, 1.82) is 5.53 Å². The van der Waals surface area contributed by atoms with Crippen LogP contribution in [0.25, 0.3) is 43.5 Å². The fraction of sp³-hybridized carbons (Fsp3) is 0.0455. The van der Waals surface area contributed by atoms with Crippen molar-refractivity contribution in [2.75, 3.05) is 11.9 Å². The van der Waals surface area contributed by atoms with Crippen LogP contribution < -0.4 is 5.32 Å². The molecule has 1 aromatic heterocycles. The first kappa shape index (κ1) is 37.3. The number of fused-ring (bicyclic) bond motifs is 2. The van der Waals surface area contributed by atoms with Crippen LogP contribution in [0.4, 0.5) is 5.69 Å². The predicted molar refractivity (Wildman–Crippen MR) is 216 cm³/mol. The summed E-state index contributed by atoms with van der Waals surface area (Å²) in [5, 5.41) is 5.60. The lowest BCUT2D eigenvalue weighted by Gasteiger charge is -2.09. The fourth-order valence-corrected chi connectivity index (χ4v) is 3.59. The molecule has 0 spiro atoms. The number of hydrogen-bond donors (Lipinski definition) is 2. The molecule has 0 aliphatic carbocycles. The zero-order chi connectivity index (χ0) is 36.1.